The quantitative estimate of drug-likeness (QED) is 0.328. The van der Waals surface area contributed by atoms with Gasteiger partial charge in [-0.25, -0.2) is 0 Å². The zero-order chi connectivity index (χ0) is 20.3. The monoisotopic (exact) mass is 378 g/mol. The Hall–Kier alpha value is -1.78. The molecule has 0 aromatic carbocycles. The minimum absolute atomic E-state index is 0.0472. The topological polar surface area (TPSA) is 77.5 Å². The van der Waals surface area contributed by atoms with E-state index in [-0.39, 0.29) is 54.1 Å². The molecule has 1 aliphatic heterocycles. The molecule has 0 radical (unpaired) electrons. The van der Waals surface area contributed by atoms with E-state index in [1.807, 2.05) is 13.8 Å². The average Bonchev–Trinajstić information content (AvgIpc) is 3.03. The Morgan fingerprint density at radius 2 is 1.89 bits per heavy atom. The summed E-state index contributed by atoms with van der Waals surface area (Å²) < 4.78 is 5.11. The van der Waals surface area contributed by atoms with Gasteiger partial charge >= 0.3 is 5.97 Å². The summed E-state index contributed by atoms with van der Waals surface area (Å²) in [5, 5.41) is 0. The normalized spacial score (nSPS) is 17.3. The number of ether oxygens (including phenoxy) is 1. The van der Waals surface area contributed by atoms with Crippen molar-refractivity contribution in [1.29, 1.82) is 0 Å². The second kappa shape index (κ2) is 11.8. The van der Waals surface area contributed by atoms with Gasteiger partial charge in [-0.15, -0.1) is 0 Å². The van der Waals surface area contributed by atoms with E-state index >= 15 is 0 Å². The van der Waals surface area contributed by atoms with Gasteiger partial charge in [-0.05, 0) is 31.8 Å². The molecule has 0 saturated carbocycles. The highest BCUT2D eigenvalue weighted by Gasteiger charge is 2.25. The van der Waals surface area contributed by atoms with Crippen LogP contribution in [0.2, 0.25) is 0 Å². The van der Waals surface area contributed by atoms with Crippen LogP contribution in [-0.4, -0.2) is 29.4 Å². The first-order valence-corrected chi connectivity index (χ1v) is 10.2. The highest BCUT2D eigenvalue weighted by molar-refractivity contribution is 5.94. The molecule has 5 nitrogen and oxygen atoms in total. The summed E-state index contributed by atoms with van der Waals surface area (Å²) in [5.41, 5.74) is -0.354. The molecule has 1 heterocycles. The molecule has 0 bridgehead atoms. The number of unbranched alkanes of at least 4 members (excludes halogenated alkanes) is 1. The van der Waals surface area contributed by atoms with E-state index in [4.69, 9.17) is 4.74 Å². The Balaban J connectivity index is 2.18. The van der Waals surface area contributed by atoms with Crippen molar-refractivity contribution in [3.63, 3.8) is 0 Å². The van der Waals surface area contributed by atoms with E-state index in [2.05, 4.69) is 6.92 Å². The molecule has 1 unspecified atom stereocenters. The lowest BCUT2D eigenvalue weighted by atomic mass is 9.81. The van der Waals surface area contributed by atoms with E-state index in [9.17, 15) is 19.2 Å². The Kier molecular flexibility index (Phi) is 10.2. The van der Waals surface area contributed by atoms with Crippen LogP contribution >= 0.6 is 0 Å². The van der Waals surface area contributed by atoms with Crippen molar-refractivity contribution in [2.75, 3.05) is 0 Å². The number of hydrogen-bond donors (Lipinski definition) is 0. The number of Topliss-reactive ketones (excluding diaryl/α,β-unsaturated/α-hetero) is 2. The first-order valence-electron chi connectivity index (χ1n) is 10.2. The van der Waals surface area contributed by atoms with Crippen molar-refractivity contribution in [2.45, 2.75) is 97.5 Å². The van der Waals surface area contributed by atoms with Gasteiger partial charge in [-0.1, -0.05) is 39.7 Å². The molecule has 1 saturated heterocycles. The molecule has 0 aliphatic carbocycles. The lowest BCUT2D eigenvalue weighted by Gasteiger charge is -2.21. The lowest BCUT2D eigenvalue weighted by Crippen LogP contribution is -2.23. The number of carbonyl (C=O) groups excluding carboxylic acids is 4. The van der Waals surface area contributed by atoms with Gasteiger partial charge in [0.15, 0.2) is 5.78 Å². The van der Waals surface area contributed by atoms with Crippen LogP contribution in [0.1, 0.15) is 91.4 Å². The molecule has 0 N–H and O–H groups in total. The molecule has 1 fully saturated rings. The van der Waals surface area contributed by atoms with Crippen molar-refractivity contribution in [3.8, 4) is 0 Å². The van der Waals surface area contributed by atoms with Crippen molar-refractivity contribution in [2.24, 2.45) is 5.41 Å². The van der Waals surface area contributed by atoms with Crippen LogP contribution in [0.3, 0.4) is 0 Å². The van der Waals surface area contributed by atoms with E-state index in [1.54, 1.807) is 6.08 Å². The second-order valence-electron chi connectivity index (χ2n) is 8.06. The Labute approximate surface area is 162 Å². The summed E-state index contributed by atoms with van der Waals surface area (Å²) in [6.45, 7) is 6.00. The summed E-state index contributed by atoms with van der Waals surface area (Å²) >= 11 is 0. The summed E-state index contributed by atoms with van der Waals surface area (Å²) in [4.78, 5) is 46.9. The fourth-order valence-electron chi connectivity index (χ4n) is 3.12. The van der Waals surface area contributed by atoms with Gasteiger partial charge in [0, 0.05) is 37.5 Å². The van der Waals surface area contributed by atoms with Gasteiger partial charge in [0.2, 0.25) is 0 Å². The van der Waals surface area contributed by atoms with Crippen molar-refractivity contribution < 1.29 is 23.9 Å². The van der Waals surface area contributed by atoms with Crippen LogP contribution in [0.25, 0.3) is 0 Å². The van der Waals surface area contributed by atoms with Crippen molar-refractivity contribution in [1.82, 2.24) is 0 Å². The van der Waals surface area contributed by atoms with Crippen LogP contribution in [-0.2, 0) is 23.9 Å². The zero-order valence-corrected chi connectivity index (χ0v) is 17.1. The number of allylic oxidation sites excluding steroid dienone is 2. The molecule has 0 amide bonds. The molecule has 0 aromatic rings. The van der Waals surface area contributed by atoms with Gasteiger partial charge in [-0.2, -0.15) is 0 Å². The first-order chi connectivity index (χ1) is 12.7. The molecule has 0 spiro atoms. The van der Waals surface area contributed by atoms with Gasteiger partial charge in [0.1, 0.15) is 17.7 Å². The third kappa shape index (κ3) is 9.64. The smallest absolute Gasteiger partial charge is 0.306 e. The number of carbonyl (C=O) groups is 4. The second-order valence-corrected chi connectivity index (χ2v) is 8.06. The molecule has 152 valence electrons. The number of rotatable bonds is 14. The molecular formula is C22H34O5. The Bertz CT molecular complexity index is 559. The summed E-state index contributed by atoms with van der Waals surface area (Å²) in [5.74, 6) is -0.0790. The number of ketones is 3. The van der Waals surface area contributed by atoms with E-state index < -0.39 is 0 Å². The third-order valence-electron chi connectivity index (χ3n) is 5.12. The van der Waals surface area contributed by atoms with Crippen molar-refractivity contribution in [3.05, 3.63) is 12.2 Å². The van der Waals surface area contributed by atoms with E-state index in [0.717, 1.165) is 25.7 Å². The minimum Gasteiger partial charge on any atom is -0.462 e. The van der Waals surface area contributed by atoms with Gasteiger partial charge in [0.25, 0.3) is 0 Å². The highest BCUT2D eigenvalue weighted by Crippen LogP contribution is 2.26. The number of cyclic esters (lactones) is 1. The fourth-order valence-corrected chi connectivity index (χ4v) is 3.12. The maximum atomic E-state index is 12.2. The summed E-state index contributed by atoms with van der Waals surface area (Å²) in [7, 11) is 0. The maximum Gasteiger partial charge on any atom is 0.306 e. The largest absolute Gasteiger partial charge is 0.462 e. The van der Waals surface area contributed by atoms with Crippen LogP contribution in [0.15, 0.2) is 12.2 Å². The van der Waals surface area contributed by atoms with Gasteiger partial charge < -0.3 is 4.74 Å². The highest BCUT2D eigenvalue weighted by atomic mass is 16.5. The van der Waals surface area contributed by atoms with E-state index in [1.165, 1.54) is 6.08 Å². The molecule has 27 heavy (non-hydrogen) atoms. The van der Waals surface area contributed by atoms with Crippen LogP contribution in [0.4, 0.5) is 0 Å². The average molecular weight is 379 g/mol. The SMILES string of the molecule is CCCCC(C)(C)C(=O)CC=CC(=O)CCC(=O)CCCC1CCC(=O)O1. The number of hydrogen-bond acceptors (Lipinski definition) is 5. The molecular weight excluding hydrogens is 344 g/mol. The number of esters is 1. The molecule has 1 rings (SSSR count). The minimum atomic E-state index is -0.354. The lowest BCUT2D eigenvalue weighted by molar-refractivity contribution is -0.141. The molecule has 5 heteroatoms. The van der Waals surface area contributed by atoms with Crippen LogP contribution in [0.5, 0.6) is 0 Å². The van der Waals surface area contributed by atoms with E-state index in [0.29, 0.717) is 25.7 Å². The standard InChI is InChI=1S/C22H34O5/c1-4-5-16-22(2,3)20(25)11-7-9-18(24)13-12-17(23)8-6-10-19-14-15-21(26)27-19/h7,9,19H,4-6,8,10-16H2,1-3H3. The summed E-state index contributed by atoms with van der Waals surface area (Å²) in [6.07, 6.45) is 9.63. The van der Waals surface area contributed by atoms with Gasteiger partial charge in [-0.3, -0.25) is 19.2 Å². The Morgan fingerprint density at radius 1 is 1.15 bits per heavy atom. The zero-order valence-electron chi connectivity index (χ0n) is 17.1. The first kappa shape index (κ1) is 23.3. The predicted octanol–water partition coefficient (Wildman–Crippen LogP) is 4.51. The van der Waals surface area contributed by atoms with Gasteiger partial charge in [0.05, 0.1) is 0 Å². The summed E-state index contributed by atoms with van der Waals surface area (Å²) in [6, 6.07) is 0. The molecule has 1 aliphatic rings. The third-order valence-corrected chi connectivity index (χ3v) is 5.12. The van der Waals surface area contributed by atoms with Crippen LogP contribution in [0, 0.1) is 5.41 Å². The maximum absolute atomic E-state index is 12.2. The fraction of sp³-hybridized carbons (Fsp3) is 0.727. The molecule has 1 atom stereocenters. The predicted molar refractivity (Wildman–Crippen MR) is 104 cm³/mol. The molecule has 0 aromatic heterocycles. The Morgan fingerprint density at radius 3 is 2.52 bits per heavy atom. The van der Waals surface area contributed by atoms with Crippen LogP contribution < -0.4 is 0 Å². The van der Waals surface area contributed by atoms with Crippen molar-refractivity contribution >= 4 is 23.3 Å².